The Morgan fingerprint density at radius 2 is 1.95 bits per heavy atom. The van der Waals surface area contributed by atoms with Crippen LogP contribution in [0.1, 0.15) is 12.0 Å². The van der Waals surface area contributed by atoms with Gasteiger partial charge in [-0.2, -0.15) is 0 Å². The van der Waals surface area contributed by atoms with Crippen LogP contribution < -0.4 is 4.90 Å². The molecule has 0 aliphatic heterocycles. The largest absolute Gasteiger partial charge is 0.391 e. The van der Waals surface area contributed by atoms with E-state index in [2.05, 4.69) is 4.90 Å². The minimum Gasteiger partial charge on any atom is -0.391 e. The maximum atomic E-state index is 10.9. The van der Waals surface area contributed by atoms with E-state index in [0.717, 1.165) is 18.7 Å². The standard InChI is InChI=1S/C14H22N2O5/c1-20-8-3-6-15(7-9-21-2)13-4-5-14(16(18)19)12(10-13)11-17/h4-5,10,17H,3,6-9,11H2,1-2H3. The summed E-state index contributed by atoms with van der Waals surface area (Å²) in [6.45, 7) is 2.25. The van der Waals surface area contributed by atoms with Gasteiger partial charge in [0.1, 0.15) is 0 Å². The fourth-order valence-electron chi connectivity index (χ4n) is 2.04. The third kappa shape index (κ3) is 5.30. The maximum Gasteiger partial charge on any atom is 0.275 e. The summed E-state index contributed by atoms with van der Waals surface area (Å²) in [5.41, 5.74) is 1.08. The fourth-order valence-corrected chi connectivity index (χ4v) is 2.04. The molecule has 118 valence electrons. The molecular weight excluding hydrogens is 276 g/mol. The molecule has 0 aliphatic carbocycles. The van der Waals surface area contributed by atoms with Crippen molar-refractivity contribution >= 4 is 11.4 Å². The topological polar surface area (TPSA) is 85.1 Å². The second-order valence-electron chi connectivity index (χ2n) is 4.55. The minimum absolute atomic E-state index is 0.0650. The zero-order valence-corrected chi connectivity index (χ0v) is 12.4. The summed E-state index contributed by atoms with van der Waals surface area (Å²) in [7, 11) is 3.28. The molecule has 0 spiro atoms. The van der Waals surface area contributed by atoms with E-state index in [4.69, 9.17) is 9.47 Å². The van der Waals surface area contributed by atoms with Crippen LogP contribution in [0.5, 0.6) is 0 Å². The van der Waals surface area contributed by atoms with E-state index in [1.165, 1.54) is 6.07 Å². The number of methoxy groups -OCH3 is 2. The Labute approximate surface area is 124 Å². The molecule has 0 radical (unpaired) electrons. The van der Waals surface area contributed by atoms with Crippen LogP contribution in [0.2, 0.25) is 0 Å². The molecule has 7 nitrogen and oxygen atoms in total. The molecule has 0 atom stereocenters. The first-order valence-corrected chi connectivity index (χ1v) is 6.75. The lowest BCUT2D eigenvalue weighted by Gasteiger charge is -2.25. The number of aliphatic hydroxyl groups excluding tert-OH is 1. The predicted molar refractivity (Wildman–Crippen MR) is 79.6 cm³/mol. The first-order chi connectivity index (χ1) is 10.1. The van der Waals surface area contributed by atoms with Crippen molar-refractivity contribution in [3.63, 3.8) is 0 Å². The van der Waals surface area contributed by atoms with Crippen LogP contribution in [-0.2, 0) is 16.1 Å². The monoisotopic (exact) mass is 298 g/mol. The van der Waals surface area contributed by atoms with Crippen LogP contribution in [0.25, 0.3) is 0 Å². The van der Waals surface area contributed by atoms with E-state index in [1.807, 2.05) is 0 Å². The average molecular weight is 298 g/mol. The molecule has 1 aromatic carbocycles. The molecule has 0 bridgehead atoms. The Morgan fingerprint density at radius 3 is 2.52 bits per heavy atom. The van der Waals surface area contributed by atoms with Crippen molar-refractivity contribution in [3.8, 4) is 0 Å². The lowest BCUT2D eigenvalue weighted by atomic mass is 10.1. The molecule has 0 aliphatic rings. The summed E-state index contributed by atoms with van der Waals surface area (Å²) >= 11 is 0. The molecule has 1 N–H and O–H groups in total. The Bertz CT molecular complexity index is 453. The second kappa shape index (κ2) is 9.28. The van der Waals surface area contributed by atoms with Crippen LogP contribution in [0.3, 0.4) is 0 Å². The second-order valence-corrected chi connectivity index (χ2v) is 4.55. The van der Waals surface area contributed by atoms with Gasteiger partial charge in [0.25, 0.3) is 5.69 Å². The lowest BCUT2D eigenvalue weighted by Crippen LogP contribution is -2.29. The van der Waals surface area contributed by atoms with Crippen LogP contribution in [0, 0.1) is 10.1 Å². The van der Waals surface area contributed by atoms with Crippen molar-refractivity contribution in [1.29, 1.82) is 0 Å². The van der Waals surface area contributed by atoms with Crippen molar-refractivity contribution in [3.05, 3.63) is 33.9 Å². The SMILES string of the molecule is COCCCN(CCOC)c1ccc([N+](=O)[O-])c(CO)c1. The quantitative estimate of drug-likeness (QED) is 0.401. The number of nitrogens with zero attached hydrogens (tertiary/aromatic N) is 2. The van der Waals surface area contributed by atoms with Crippen molar-refractivity contribution in [2.75, 3.05) is 45.4 Å². The van der Waals surface area contributed by atoms with Crippen LogP contribution >= 0.6 is 0 Å². The Morgan fingerprint density at radius 1 is 1.24 bits per heavy atom. The van der Waals surface area contributed by atoms with Crippen molar-refractivity contribution < 1.29 is 19.5 Å². The highest BCUT2D eigenvalue weighted by molar-refractivity contribution is 5.55. The normalized spacial score (nSPS) is 10.6. The van der Waals surface area contributed by atoms with E-state index >= 15 is 0 Å². The van der Waals surface area contributed by atoms with Gasteiger partial charge in [0.2, 0.25) is 0 Å². The van der Waals surface area contributed by atoms with Gasteiger partial charge in [0, 0.05) is 45.7 Å². The summed E-state index contributed by atoms with van der Waals surface area (Å²) < 4.78 is 10.1. The average Bonchev–Trinajstić information content (AvgIpc) is 2.50. The molecule has 7 heteroatoms. The number of benzene rings is 1. The highest BCUT2D eigenvalue weighted by Gasteiger charge is 2.15. The van der Waals surface area contributed by atoms with E-state index in [1.54, 1.807) is 26.4 Å². The number of hydrogen-bond acceptors (Lipinski definition) is 6. The van der Waals surface area contributed by atoms with Crippen LogP contribution in [0.15, 0.2) is 18.2 Å². The zero-order valence-electron chi connectivity index (χ0n) is 12.4. The smallest absolute Gasteiger partial charge is 0.275 e. The third-order valence-electron chi connectivity index (χ3n) is 3.14. The summed E-state index contributed by atoms with van der Waals surface area (Å²) in [5.74, 6) is 0. The first-order valence-electron chi connectivity index (χ1n) is 6.75. The summed E-state index contributed by atoms with van der Waals surface area (Å²) in [4.78, 5) is 12.5. The molecule has 0 unspecified atom stereocenters. The molecule has 1 rings (SSSR count). The number of anilines is 1. The number of rotatable bonds is 10. The molecule has 0 saturated carbocycles. The highest BCUT2D eigenvalue weighted by Crippen LogP contribution is 2.25. The highest BCUT2D eigenvalue weighted by atomic mass is 16.6. The minimum atomic E-state index is -0.486. The number of nitro benzene ring substituents is 1. The van der Waals surface area contributed by atoms with Gasteiger partial charge in [-0.1, -0.05) is 0 Å². The molecular formula is C14H22N2O5. The summed E-state index contributed by atoms with van der Waals surface area (Å²) in [6, 6.07) is 4.78. The summed E-state index contributed by atoms with van der Waals surface area (Å²) in [6.07, 6.45) is 0.839. The first kappa shape index (κ1) is 17.4. The van der Waals surface area contributed by atoms with E-state index in [-0.39, 0.29) is 12.3 Å². The van der Waals surface area contributed by atoms with Gasteiger partial charge in [0.15, 0.2) is 0 Å². The number of ether oxygens (including phenoxy) is 2. The van der Waals surface area contributed by atoms with Crippen molar-refractivity contribution in [2.24, 2.45) is 0 Å². The Hall–Kier alpha value is -1.70. The van der Waals surface area contributed by atoms with Gasteiger partial charge >= 0.3 is 0 Å². The third-order valence-corrected chi connectivity index (χ3v) is 3.14. The molecule has 0 fully saturated rings. The van der Waals surface area contributed by atoms with Crippen molar-refractivity contribution in [1.82, 2.24) is 0 Å². The van der Waals surface area contributed by atoms with Crippen LogP contribution in [0.4, 0.5) is 11.4 Å². The lowest BCUT2D eigenvalue weighted by molar-refractivity contribution is -0.385. The van der Waals surface area contributed by atoms with Gasteiger partial charge < -0.3 is 19.5 Å². The molecule has 0 heterocycles. The predicted octanol–water partition coefficient (Wildman–Crippen LogP) is 1.58. The van der Waals surface area contributed by atoms with Crippen LogP contribution in [-0.4, -0.2) is 50.6 Å². The number of aliphatic hydroxyl groups is 1. The van der Waals surface area contributed by atoms with E-state index in [0.29, 0.717) is 25.3 Å². The Balaban J connectivity index is 2.92. The van der Waals surface area contributed by atoms with E-state index < -0.39 is 4.92 Å². The molecule has 1 aromatic rings. The van der Waals surface area contributed by atoms with E-state index in [9.17, 15) is 15.2 Å². The van der Waals surface area contributed by atoms with Gasteiger partial charge in [-0.25, -0.2) is 0 Å². The van der Waals surface area contributed by atoms with Gasteiger partial charge in [-0.05, 0) is 18.6 Å². The zero-order chi connectivity index (χ0) is 15.7. The molecule has 21 heavy (non-hydrogen) atoms. The number of hydrogen-bond donors (Lipinski definition) is 1. The van der Waals surface area contributed by atoms with Gasteiger partial charge in [0.05, 0.1) is 23.7 Å². The van der Waals surface area contributed by atoms with Crippen molar-refractivity contribution in [2.45, 2.75) is 13.0 Å². The van der Waals surface area contributed by atoms with Gasteiger partial charge in [-0.15, -0.1) is 0 Å². The Kier molecular flexibility index (Phi) is 7.66. The summed E-state index contributed by atoms with van der Waals surface area (Å²) in [5, 5.41) is 20.2. The van der Waals surface area contributed by atoms with Gasteiger partial charge in [-0.3, -0.25) is 10.1 Å². The molecule has 0 aromatic heterocycles. The fraction of sp³-hybridized carbons (Fsp3) is 0.571. The molecule has 0 saturated heterocycles. The number of nitro groups is 1. The maximum absolute atomic E-state index is 10.9. The molecule has 0 amide bonds.